The van der Waals surface area contributed by atoms with Crippen LogP contribution in [0.3, 0.4) is 0 Å². The maximum atomic E-state index is 12.8. The Bertz CT molecular complexity index is 942. The van der Waals surface area contributed by atoms with Crippen molar-refractivity contribution in [2.75, 3.05) is 18.9 Å². The molecule has 0 aliphatic carbocycles. The van der Waals surface area contributed by atoms with Crippen LogP contribution in [-0.4, -0.2) is 34.1 Å². The Hall–Kier alpha value is -3.35. The minimum absolute atomic E-state index is 0.0171. The van der Waals surface area contributed by atoms with E-state index in [0.717, 1.165) is 24.8 Å². The monoisotopic (exact) mass is 378 g/mol. The first-order valence-corrected chi connectivity index (χ1v) is 9.37. The van der Waals surface area contributed by atoms with Crippen LogP contribution in [0.4, 0.5) is 5.69 Å². The summed E-state index contributed by atoms with van der Waals surface area (Å²) in [5.41, 5.74) is 7.26. The summed E-state index contributed by atoms with van der Waals surface area (Å²) in [6.07, 6.45) is 2.74. The number of rotatable bonds is 5. The van der Waals surface area contributed by atoms with Crippen molar-refractivity contribution in [1.82, 2.24) is 15.0 Å². The van der Waals surface area contributed by atoms with E-state index in [0.29, 0.717) is 29.7 Å². The Balaban J connectivity index is 1.48. The standard InChI is InChI=1S/C21H22N4O3/c22-16-8-6-7-15(13-16)20-23-21(28-24-20)18-11-4-5-12-25(18)19(26)14-27-17-9-2-1-3-10-17/h1-3,6-10,13,18H,4-5,11-12,14,22H2. The Kier molecular flexibility index (Phi) is 5.23. The fraction of sp³-hybridized carbons (Fsp3) is 0.286. The fourth-order valence-electron chi connectivity index (χ4n) is 3.40. The lowest BCUT2D eigenvalue weighted by Gasteiger charge is -2.33. The van der Waals surface area contributed by atoms with Gasteiger partial charge in [0.05, 0.1) is 0 Å². The third kappa shape index (κ3) is 3.98. The number of ether oxygens (including phenoxy) is 1. The Morgan fingerprint density at radius 1 is 1.18 bits per heavy atom. The highest BCUT2D eigenvalue weighted by molar-refractivity contribution is 5.78. The van der Waals surface area contributed by atoms with Gasteiger partial charge >= 0.3 is 0 Å². The molecule has 0 spiro atoms. The summed E-state index contributed by atoms with van der Waals surface area (Å²) in [7, 11) is 0. The van der Waals surface area contributed by atoms with Gasteiger partial charge in [-0.2, -0.15) is 4.98 Å². The number of nitrogen functional groups attached to an aromatic ring is 1. The molecule has 1 aromatic heterocycles. The summed E-state index contributed by atoms with van der Waals surface area (Å²) < 4.78 is 11.1. The molecule has 4 rings (SSSR count). The first kappa shape index (κ1) is 18.0. The molecule has 0 bridgehead atoms. The van der Waals surface area contributed by atoms with Crippen molar-refractivity contribution in [3.8, 4) is 17.1 Å². The Labute approximate surface area is 163 Å². The van der Waals surface area contributed by atoms with Crippen molar-refractivity contribution < 1.29 is 14.1 Å². The van der Waals surface area contributed by atoms with Gasteiger partial charge in [-0.15, -0.1) is 0 Å². The lowest BCUT2D eigenvalue weighted by atomic mass is 10.0. The Morgan fingerprint density at radius 3 is 2.86 bits per heavy atom. The van der Waals surface area contributed by atoms with Crippen molar-refractivity contribution >= 4 is 11.6 Å². The van der Waals surface area contributed by atoms with E-state index in [-0.39, 0.29) is 18.6 Å². The molecule has 1 aliphatic rings. The number of anilines is 1. The predicted molar refractivity (Wildman–Crippen MR) is 104 cm³/mol. The van der Waals surface area contributed by atoms with Gasteiger partial charge in [0.1, 0.15) is 11.8 Å². The molecule has 3 aromatic rings. The minimum Gasteiger partial charge on any atom is -0.484 e. The van der Waals surface area contributed by atoms with Gasteiger partial charge in [0.15, 0.2) is 6.61 Å². The fourth-order valence-corrected chi connectivity index (χ4v) is 3.40. The summed E-state index contributed by atoms with van der Waals surface area (Å²) in [6, 6.07) is 16.4. The van der Waals surface area contributed by atoms with Gasteiger partial charge < -0.3 is 19.9 Å². The zero-order chi connectivity index (χ0) is 19.3. The van der Waals surface area contributed by atoms with E-state index in [1.165, 1.54) is 0 Å². The average Bonchev–Trinajstić information content (AvgIpc) is 3.23. The highest BCUT2D eigenvalue weighted by Gasteiger charge is 2.32. The summed E-state index contributed by atoms with van der Waals surface area (Å²) in [5.74, 6) is 1.51. The van der Waals surface area contributed by atoms with E-state index in [2.05, 4.69) is 10.1 Å². The van der Waals surface area contributed by atoms with Crippen molar-refractivity contribution in [2.24, 2.45) is 0 Å². The maximum Gasteiger partial charge on any atom is 0.261 e. The zero-order valence-corrected chi connectivity index (χ0v) is 15.5. The van der Waals surface area contributed by atoms with Crippen LogP contribution in [0.5, 0.6) is 5.75 Å². The van der Waals surface area contributed by atoms with E-state index in [1.807, 2.05) is 42.5 Å². The summed E-state index contributed by atoms with van der Waals surface area (Å²) in [6.45, 7) is 0.633. The van der Waals surface area contributed by atoms with Gasteiger partial charge in [0.25, 0.3) is 5.91 Å². The number of nitrogens with two attached hydrogens (primary N) is 1. The van der Waals surface area contributed by atoms with Crippen LogP contribution in [0, 0.1) is 0 Å². The molecule has 1 unspecified atom stereocenters. The number of carbonyl (C=O) groups is 1. The van der Waals surface area contributed by atoms with Crippen LogP contribution in [0.2, 0.25) is 0 Å². The van der Waals surface area contributed by atoms with Gasteiger partial charge in [-0.05, 0) is 43.5 Å². The zero-order valence-electron chi connectivity index (χ0n) is 15.5. The number of benzene rings is 2. The summed E-state index contributed by atoms with van der Waals surface area (Å²) >= 11 is 0. The predicted octanol–water partition coefficient (Wildman–Crippen LogP) is 3.45. The second-order valence-corrected chi connectivity index (χ2v) is 6.78. The smallest absolute Gasteiger partial charge is 0.261 e. The number of carbonyl (C=O) groups excluding carboxylic acids is 1. The Morgan fingerprint density at radius 2 is 2.04 bits per heavy atom. The molecule has 1 saturated heterocycles. The first-order chi connectivity index (χ1) is 13.7. The van der Waals surface area contributed by atoms with Crippen molar-refractivity contribution in [1.29, 1.82) is 0 Å². The molecule has 7 nitrogen and oxygen atoms in total. The molecule has 0 radical (unpaired) electrons. The van der Waals surface area contributed by atoms with Crippen LogP contribution in [-0.2, 0) is 4.79 Å². The van der Waals surface area contributed by atoms with Gasteiger partial charge in [0, 0.05) is 17.8 Å². The number of hydrogen-bond donors (Lipinski definition) is 1. The highest BCUT2D eigenvalue weighted by atomic mass is 16.5. The van der Waals surface area contributed by atoms with E-state index >= 15 is 0 Å². The van der Waals surface area contributed by atoms with E-state index in [9.17, 15) is 4.79 Å². The first-order valence-electron chi connectivity index (χ1n) is 9.37. The minimum atomic E-state index is -0.233. The largest absolute Gasteiger partial charge is 0.484 e. The molecule has 1 aliphatic heterocycles. The molecular formula is C21H22N4O3. The topological polar surface area (TPSA) is 94.5 Å². The van der Waals surface area contributed by atoms with E-state index in [1.54, 1.807) is 17.0 Å². The van der Waals surface area contributed by atoms with Crippen LogP contribution >= 0.6 is 0 Å². The molecule has 2 aromatic carbocycles. The number of likely N-dealkylation sites (tertiary alicyclic amines) is 1. The molecule has 7 heteroatoms. The van der Waals surface area contributed by atoms with Crippen LogP contribution in [0.25, 0.3) is 11.4 Å². The van der Waals surface area contributed by atoms with Crippen LogP contribution < -0.4 is 10.5 Å². The summed E-state index contributed by atoms with van der Waals surface area (Å²) in [5, 5.41) is 4.08. The molecule has 1 atom stereocenters. The number of para-hydroxylation sites is 1. The molecule has 28 heavy (non-hydrogen) atoms. The lowest BCUT2D eigenvalue weighted by molar-refractivity contribution is -0.138. The van der Waals surface area contributed by atoms with Gasteiger partial charge in [-0.1, -0.05) is 35.5 Å². The van der Waals surface area contributed by atoms with Gasteiger partial charge in [0.2, 0.25) is 11.7 Å². The van der Waals surface area contributed by atoms with Crippen LogP contribution in [0.15, 0.2) is 59.1 Å². The number of aromatic nitrogens is 2. The number of hydrogen-bond acceptors (Lipinski definition) is 6. The molecular weight excluding hydrogens is 356 g/mol. The molecule has 2 heterocycles. The number of nitrogens with zero attached hydrogens (tertiary/aromatic N) is 3. The van der Waals surface area contributed by atoms with Gasteiger partial charge in [-0.3, -0.25) is 4.79 Å². The molecule has 144 valence electrons. The third-order valence-electron chi connectivity index (χ3n) is 4.80. The SMILES string of the molecule is Nc1cccc(-c2noc(C3CCCCN3C(=O)COc3ccccc3)n2)c1. The normalized spacial score (nSPS) is 16.7. The highest BCUT2D eigenvalue weighted by Crippen LogP contribution is 2.31. The second kappa shape index (κ2) is 8.12. The van der Waals surface area contributed by atoms with Crippen molar-refractivity contribution in [3.05, 3.63) is 60.5 Å². The van der Waals surface area contributed by atoms with E-state index in [4.69, 9.17) is 15.0 Å². The third-order valence-corrected chi connectivity index (χ3v) is 4.80. The summed E-state index contributed by atoms with van der Waals surface area (Å²) in [4.78, 5) is 19.1. The second-order valence-electron chi connectivity index (χ2n) is 6.78. The lowest BCUT2D eigenvalue weighted by Crippen LogP contribution is -2.41. The van der Waals surface area contributed by atoms with Crippen LogP contribution in [0.1, 0.15) is 31.2 Å². The van der Waals surface area contributed by atoms with Gasteiger partial charge in [-0.25, -0.2) is 0 Å². The molecule has 1 amide bonds. The molecule has 0 saturated carbocycles. The number of amides is 1. The van der Waals surface area contributed by atoms with E-state index < -0.39 is 0 Å². The van der Waals surface area contributed by atoms with Crippen molar-refractivity contribution in [2.45, 2.75) is 25.3 Å². The molecule has 1 fully saturated rings. The van der Waals surface area contributed by atoms with Crippen molar-refractivity contribution in [3.63, 3.8) is 0 Å². The quantitative estimate of drug-likeness (QED) is 0.683. The average molecular weight is 378 g/mol. The number of piperidine rings is 1. The molecule has 2 N–H and O–H groups in total. The maximum absolute atomic E-state index is 12.8.